The van der Waals surface area contributed by atoms with Gasteiger partial charge < -0.3 is 9.15 Å². The molecule has 3 rings (SSSR count). The Labute approximate surface area is 157 Å². The van der Waals surface area contributed by atoms with E-state index in [1.165, 1.54) is 20.3 Å². The normalized spacial score (nSPS) is 11.3. The molecule has 140 valence electrons. The molecule has 0 aliphatic rings. The number of sulfone groups is 1. The molecule has 0 bridgehead atoms. The Morgan fingerprint density at radius 3 is 2.52 bits per heavy atom. The van der Waals surface area contributed by atoms with Crippen LogP contribution in [0.3, 0.4) is 0 Å². The molecule has 0 saturated heterocycles. The molecular formula is C20H19NO5S. The van der Waals surface area contributed by atoms with E-state index >= 15 is 0 Å². The number of methoxy groups -OCH3 is 1. The van der Waals surface area contributed by atoms with E-state index in [0.717, 1.165) is 5.56 Å². The quantitative estimate of drug-likeness (QED) is 0.577. The van der Waals surface area contributed by atoms with E-state index < -0.39 is 9.84 Å². The van der Waals surface area contributed by atoms with Gasteiger partial charge in [-0.2, -0.15) is 0 Å². The van der Waals surface area contributed by atoms with Gasteiger partial charge in [0.1, 0.15) is 12.0 Å². The first kappa shape index (κ1) is 18.8. The summed E-state index contributed by atoms with van der Waals surface area (Å²) in [4.78, 5) is 15.8. The fraction of sp³-hybridized carbons (Fsp3) is 0.200. The largest absolute Gasteiger partial charge is 0.496 e. The number of ketones is 1. The predicted molar refractivity (Wildman–Crippen MR) is 101 cm³/mol. The molecule has 3 aromatic rings. The summed E-state index contributed by atoms with van der Waals surface area (Å²) in [5, 5.41) is 0. The predicted octanol–water partition coefficient (Wildman–Crippen LogP) is 3.67. The second-order valence-corrected chi connectivity index (χ2v) is 8.19. The third kappa shape index (κ3) is 4.62. The van der Waals surface area contributed by atoms with Crippen molar-refractivity contribution in [3.8, 4) is 17.2 Å². The highest BCUT2D eigenvalue weighted by Gasteiger charge is 2.20. The molecule has 0 aliphatic carbocycles. The minimum absolute atomic E-state index is 0.139. The van der Waals surface area contributed by atoms with Crippen molar-refractivity contribution < 1.29 is 22.4 Å². The van der Waals surface area contributed by atoms with E-state index in [9.17, 15) is 13.2 Å². The minimum Gasteiger partial charge on any atom is -0.496 e. The van der Waals surface area contributed by atoms with E-state index in [0.29, 0.717) is 28.5 Å². The van der Waals surface area contributed by atoms with Crippen LogP contribution in [0.1, 0.15) is 28.5 Å². The van der Waals surface area contributed by atoms with Crippen LogP contribution in [0.2, 0.25) is 0 Å². The number of carbonyl (C=O) groups excluding carboxylic acids is 1. The molecule has 0 aliphatic heterocycles. The molecule has 1 heterocycles. The Morgan fingerprint density at radius 2 is 1.85 bits per heavy atom. The first-order valence-corrected chi connectivity index (χ1v) is 10.1. The Hall–Kier alpha value is -2.93. The van der Waals surface area contributed by atoms with Gasteiger partial charge >= 0.3 is 0 Å². The Balaban J connectivity index is 1.81. The van der Waals surface area contributed by atoms with Crippen molar-refractivity contribution in [3.63, 3.8) is 0 Å². The molecule has 0 saturated carbocycles. The van der Waals surface area contributed by atoms with Gasteiger partial charge in [-0.25, -0.2) is 13.4 Å². The number of oxazole rings is 1. The van der Waals surface area contributed by atoms with Crippen molar-refractivity contribution in [2.75, 3.05) is 7.11 Å². The first-order chi connectivity index (χ1) is 12.9. The smallest absolute Gasteiger partial charge is 0.226 e. The summed E-state index contributed by atoms with van der Waals surface area (Å²) in [6.45, 7) is 1.43. The van der Waals surface area contributed by atoms with Gasteiger partial charge in [-0.3, -0.25) is 4.79 Å². The fourth-order valence-electron chi connectivity index (χ4n) is 2.71. The molecule has 0 fully saturated rings. The lowest BCUT2D eigenvalue weighted by Gasteiger charge is -2.10. The number of Topliss-reactive ketones (excluding diaryl/α,β-unsaturated/α-hetero) is 1. The van der Waals surface area contributed by atoms with Gasteiger partial charge in [0, 0.05) is 16.7 Å². The van der Waals surface area contributed by atoms with E-state index in [4.69, 9.17) is 9.15 Å². The van der Waals surface area contributed by atoms with Gasteiger partial charge in [0.15, 0.2) is 15.6 Å². The van der Waals surface area contributed by atoms with Crippen molar-refractivity contribution >= 4 is 15.6 Å². The summed E-state index contributed by atoms with van der Waals surface area (Å²) >= 11 is 0. The van der Waals surface area contributed by atoms with Gasteiger partial charge in [0.2, 0.25) is 5.89 Å². The monoisotopic (exact) mass is 385 g/mol. The number of nitrogens with zero attached hydrogens (tertiary/aromatic N) is 1. The van der Waals surface area contributed by atoms with Crippen LogP contribution in [-0.4, -0.2) is 26.3 Å². The molecule has 0 N–H and O–H groups in total. The van der Waals surface area contributed by atoms with Crippen LogP contribution in [0.25, 0.3) is 11.5 Å². The Bertz CT molecular complexity index is 1050. The van der Waals surface area contributed by atoms with Crippen molar-refractivity contribution in [2.24, 2.45) is 0 Å². The van der Waals surface area contributed by atoms with Crippen LogP contribution in [0.15, 0.2) is 59.2 Å². The van der Waals surface area contributed by atoms with E-state index in [1.807, 2.05) is 30.3 Å². The van der Waals surface area contributed by atoms with Crippen LogP contribution in [0, 0.1) is 0 Å². The second-order valence-electron chi connectivity index (χ2n) is 6.13. The van der Waals surface area contributed by atoms with Crippen molar-refractivity contribution in [3.05, 3.63) is 71.6 Å². The van der Waals surface area contributed by atoms with Gasteiger partial charge in [-0.15, -0.1) is 0 Å². The standard InChI is InChI=1S/C20H19NO5S/c1-14(22)16-8-9-19(25-2)17(10-16)12-27(23,24)13-18-11-26-20(21-18)15-6-4-3-5-7-15/h3-11H,12-13H2,1-2H3. The van der Waals surface area contributed by atoms with Gasteiger partial charge in [-0.1, -0.05) is 18.2 Å². The molecule has 27 heavy (non-hydrogen) atoms. The third-order valence-electron chi connectivity index (χ3n) is 4.00. The lowest BCUT2D eigenvalue weighted by molar-refractivity contribution is 0.101. The number of rotatable bonds is 7. The average Bonchev–Trinajstić information content (AvgIpc) is 3.09. The van der Waals surface area contributed by atoms with E-state index in [1.54, 1.807) is 18.2 Å². The van der Waals surface area contributed by atoms with Crippen LogP contribution >= 0.6 is 0 Å². The molecule has 0 atom stereocenters. The van der Waals surface area contributed by atoms with Crippen molar-refractivity contribution in [1.29, 1.82) is 0 Å². The highest BCUT2D eigenvalue weighted by molar-refractivity contribution is 7.89. The highest BCUT2D eigenvalue weighted by atomic mass is 32.2. The summed E-state index contributed by atoms with van der Waals surface area (Å²) in [5.41, 5.74) is 1.98. The zero-order valence-electron chi connectivity index (χ0n) is 15.0. The van der Waals surface area contributed by atoms with Crippen LogP contribution < -0.4 is 4.74 Å². The van der Waals surface area contributed by atoms with E-state index in [-0.39, 0.29) is 17.3 Å². The molecule has 0 amide bonds. The zero-order chi connectivity index (χ0) is 19.4. The molecular weight excluding hydrogens is 366 g/mol. The second kappa shape index (κ2) is 7.75. The number of aromatic nitrogens is 1. The average molecular weight is 385 g/mol. The molecule has 0 radical (unpaired) electrons. The highest BCUT2D eigenvalue weighted by Crippen LogP contribution is 2.25. The first-order valence-electron chi connectivity index (χ1n) is 8.26. The molecule has 1 aromatic heterocycles. The number of carbonyl (C=O) groups is 1. The molecule has 0 unspecified atom stereocenters. The fourth-order valence-corrected chi connectivity index (χ4v) is 4.09. The van der Waals surface area contributed by atoms with Gasteiger partial charge in [-0.05, 0) is 37.3 Å². The maximum Gasteiger partial charge on any atom is 0.226 e. The van der Waals surface area contributed by atoms with Gasteiger partial charge in [0.25, 0.3) is 0 Å². The lowest BCUT2D eigenvalue weighted by Crippen LogP contribution is -2.10. The van der Waals surface area contributed by atoms with Crippen LogP contribution in [-0.2, 0) is 21.3 Å². The SMILES string of the molecule is COc1ccc(C(C)=O)cc1CS(=O)(=O)Cc1coc(-c2ccccc2)n1. The zero-order valence-corrected chi connectivity index (χ0v) is 15.8. The molecule has 0 spiro atoms. The summed E-state index contributed by atoms with van der Waals surface area (Å²) in [5.74, 6) is 0.132. The lowest BCUT2D eigenvalue weighted by atomic mass is 10.1. The number of ether oxygens (including phenoxy) is 1. The summed E-state index contributed by atoms with van der Waals surface area (Å²) < 4.78 is 35.9. The molecule has 2 aromatic carbocycles. The maximum absolute atomic E-state index is 12.6. The maximum atomic E-state index is 12.6. The summed E-state index contributed by atoms with van der Waals surface area (Å²) in [6.07, 6.45) is 1.35. The summed E-state index contributed by atoms with van der Waals surface area (Å²) in [6, 6.07) is 14.0. The van der Waals surface area contributed by atoms with Gasteiger partial charge in [0.05, 0.1) is 24.3 Å². The van der Waals surface area contributed by atoms with Crippen LogP contribution in [0.5, 0.6) is 5.75 Å². The van der Waals surface area contributed by atoms with Crippen LogP contribution in [0.4, 0.5) is 0 Å². The Kier molecular flexibility index (Phi) is 5.41. The topological polar surface area (TPSA) is 86.5 Å². The van der Waals surface area contributed by atoms with E-state index in [2.05, 4.69) is 4.98 Å². The Morgan fingerprint density at radius 1 is 1.11 bits per heavy atom. The number of hydrogen-bond donors (Lipinski definition) is 0. The van der Waals surface area contributed by atoms with Crippen molar-refractivity contribution in [2.45, 2.75) is 18.4 Å². The number of benzene rings is 2. The molecule has 6 nitrogen and oxygen atoms in total. The summed E-state index contributed by atoms with van der Waals surface area (Å²) in [7, 11) is -2.08. The molecule has 7 heteroatoms. The number of hydrogen-bond acceptors (Lipinski definition) is 6. The third-order valence-corrected chi connectivity index (χ3v) is 5.49. The van der Waals surface area contributed by atoms with Crippen molar-refractivity contribution in [1.82, 2.24) is 4.98 Å². The minimum atomic E-state index is -3.55.